The van der Waals surface area contributed by atoms with Gasteiger partial charge in [0, 0.05) is 17.3 Å². The third-order valence-electron chi connectivity index (χ3n) is 4.28. The van der Waals surface area contributed by atoms with Crippen LogP contribution in [-0.4, -0.2) is 23.1 Å². The summed E-state index contributed by atoms with van der Waals surface area (Å²) in [7, 11) is 0. The van der Waals surface area contributed by atoms with Gasteiger partial charge in [-0.1, -0.05) is 43.2 Å². The predicted octanol–water partition coefficient (Wildman–Crippen LogP) is 4.58. The normalized spacial score (nSPS) is 23.9. The van der Waals surface area contributed by atoms with Crippen molar-refractivity contribution in [1.29, 1.82) is 0 Å². The summed E-state index contributed by atoms with van der Waals surface area (Å²) in [5.41, 5.74) is 2.85. The van der Waals surface area contributed by atoms with Gasteiger partial charge < -0.3 is 5.32 Å². The number of aryl methyl sites for hydroxylation is 2. The summed E-state index contributed by atoms with van der Waals surface area (Å²) in [4.78, 5) is 0. The molecule has 0 radical (unpaired) electrons. The van der Waals surface area contributed by atoms with Crippen molar-refractivity contribution in [2.45, 2.75) is 70.2 Å². The zero-order chi connectivity index (χ0) is 14.4. The lowest BCUT2D eigenvalue weighted by molar-refractivity contribution is 0.436. The second-order valence-electron chi connectivity index (χ2n) is 6.13. The van der Waals surface area contributed by atoms with Gasteiger partial charge in [-0.05, 0) is 50.8 Å². The molecule has 1 fully saturated rings. The molecule has 1 N–H and O–H groups in total. The van der Waals surface area contributed by atoms with Crippen molar-refractivity contribution in [3.63, 3.8) is 0 Å². The van der Waals surface area contributed by atoms with Crippen LogP contribution in [0.3, 0.4) is 0 Å². The van der Waals surface area contributed by atoms with Crippen LogP contribution < -0.4 is 5.32 Å². The third kappa shape index (κ3) is 4.82. The molecule has 1 aromatic carbocycles. The highest BCUT2D eigenvalue weighted by Crippen LogP contribution is 2.30. The lowest BCUT2D eigenvalue weighted by Gasteiger charge is -2.24. The van der Waals surface area contributed by atoms with Crippen LogP contribution in [-0.2, 0) is 6.42 Å². The Kier molecular flexibility index (Phi) is 6.44. The van der Waals surface area contributed by atoms with E-state index in [0.717, 1.165) is 11.3 Å². The number of hydrogen-bond acceptors (Lipinski definition) is 2. The molecule has 2 heteroatoms. The standard InChI is InChI=1S/C18H29NS/c1-4-20-18-10-6-9-17(18)19-15(3)11-12-16-8-5-7-14(2)13-16/h5,7-8,13,15,17-19H,4,6,9-12H2,1-3H3. The number of benzene rings is 1. The Balaban J connectivity index is 1.76. The maximum atomic E-state index is 3.88. The summed E-state index contributed by atoms with van der Waals surface area (Å²) >= 11 is 2.14. The van der Waals surface area contributed by atoms with Crippen molar-refractivity contribution in [2.24, 2.45) is 0 Å². The van der Waals surface area contributed by atoms with Gasteiger partial charge in [0.05, 0.1) is 0 Å². The van der Waals surface area contributed by atoms with Gasteiger partial charge in [0.2, 0.25) is 0 Å². The number of hydrogen-bond donors (Lipinski definition) is 1. The van der Waals surface area contributed by atoms with E-state index in [1.165, 1.54) is 49.0 Å². The molecule has 2 rings (SSSR count). The molecule has 1 aromatic rings. The Bertz CT molecular complexity index is 404. The van der Waals surface area contributed by atoms with E-state index in [-0.39, 0.29) is 0 Å². The number of rotatable bonds is 7. The van der Waals surface area contributed by atoms with Gasteiger partial charge in [-0.3, -0.25) is 0 Å². The van der Waals surface area contributed by atoms with Crippen LogP contribution in [0.5, 0.6) is 0 Å². The van der Waals surface area contributed by atoms with Crippen molar-refractivity contribution in [3.8, 4) is 0 Å². The van der Waals surface area contributed by atoms with Gasteiger partial charge in [0.15, 0.2) is 0 Å². The monoisotopic (exact) mass is 291 g/mol. The Morgan fingerprint density at radius 3 is 2.95 bits per heavy atom. The van der Waals surface area contributed by atoms with Gasteiger partial charge in [-0.15, -0.1) is 0 Å². The van der Waals surface area contributed by atoms with Crippen LogP contribution in [0.2, 0.25) is 0 Å². The molecule has 20 heavy (non-hydrogen) atoms. The van der Waals surface area contributed by atoms with Crippen LogP contribution in [0.25, 0.3) is 0 Å². The molecule has 1 saturated carbocycles. The van der Waals surface area contributed by atoms with Crippen LogP contribution >= 0.6 is 11.8 Å². The van der Waals surface area contributed by atoms with E-state index in [1.807, 2.05) is 0 Å². The van der Waals surface area contributed by atoms with Gasteiger partial charge in [0.1, 0.15) is 0 Å². The Hall–Kier alpha value is -0.470. The van der Waals surface area contributed by atoms with E-state index >= 15 is 0 Å². The third-order valence-corrected chi connectivity index (χ3v) is 5.61. The van der Waals surface area contributed by atoms with Crippen LogP contribution in [0.1, 0.15) is 50.7 Å². The predicted molar refractivity (Wildman–Crippen MR) is 91.7 cm³/mol. The minimum Gasteiger partial charge on any atom is -0.310 e. The van der Waals surface area contributed by atoms with E-state index in [9.17, 15) is 0 Å². The van der Waals surface area contributed by atoms with Crippen LogP contribution in [0.15, 0.2) is 24.3 Å². The van der Waals surface area contributed by atoms with Gasteiger partial charge in [0.25, 0.3) is 0 Å². The second kappa shape index (κ2) is 8.09. The highest BCUT2D eigenvalue weighted by molar-refractivity contribution is 7.99. The lowest BCUT2D eigenvalue weighted by atomic mass is 10.0. The molecule has 0 heterocycles. The molecule has 3 atom stereocenters. The molecule has 3 unspecified atom stereocenters. The molecule has 0 saturated heterocycles. The van der Waals surface area contributed by atoms with E-state index in [0.29, 0.717) is 6.04 Å². The van der Waals surface area contributed by atoms with E-state index < -0.39 is 0 Å². The molecule has 0 aliphatic heterocycles. The second-order valence-corrected chi connectivity index (χ2v) is 7.64. The smallest absolute Gasteiger partial charge is 0.0201 e. The van der Waals surface area contributed by atoms with Gasteiger partial charge in [-0.2, -0.15) is 11.8 Å². The van der Waals surface area contributed by atoms with Crippen LogP contribution in [0.4, 0.5) is 0 Å². The zero-order valence-corrected chi connectivity index (χ0v) is 14.0. The van der Waals surface area contributed by atoms with E-state index in [4.69, 9.17) is 0 Å². The first-order valence-corrected chi connectivity index (χ1v) is 9.17. The summed E-state index contributed by atoms with van der Waals surface area (Å²) in [5, 5.41) is 4.73. The molecule has 0 amide bonds. The molecular formula is C18H29NS. The summed E-state index contributed by atoms with van der Waals surface area (Å²) in [6.07, 6.45) is 6.60. The minimum atomic E-state index is 0.624. The van der Waals surface area contributed by atoms with Crippen molar-refractivity contribution in [2.75, 3.05) is 5.75 Å². The number of nitrogens with one attached hydrogen (secondary N) is 1. The largest absolute Gasteiger partial charge is 0.310 e. The van der Waals surface area contributed by atoms with E-state index in [1.54, 1.807) is 0 Å². The highest BCUT2D eigenvalue weighted by atomic mass is 32.2. The molecule has 1 nitrogen and oxygen atoms in total. The average Bonchev–Trinajstić information content (AvgIpc) is 2.84. The Morgan fingerprint density at radius 1 is 1.35 bits per heavy atom. The molecule has 1 aliphatic rings. The van der Waals surface area contributed by atoms with E-state index in [2.05, 4.69) is 62.1 Å². The van der Waals surface area contributed by atoms with Gasteiger partial charge in [-0.25, -0.2) is 0 Å². The maximum absolute atomic E-state index is 3.88. The fraction of sp³-hybridized carbons (Fsp3) is 0.667. The van der Waals surface area contributed by atoms with Crippen molar-refractivity contribution >= 4 is 11.8 Å². The minimum absolute atomic E-state index is 0.624. The van der Waals surface area contributed by atoms with Gasteiger partial charge >= 0.3 is 0 Å². The SMILES string of the molecule is CCSC1CCCC1NC(C)CCc1cccc(C)c1. The average molecular weight is 292 g/mol. The summed E-state index contributed by atoms with van der Waals surface area (Å²) < 4.78 is 0. The molecule has 0 aromatic heterocycles. The fourth-order valence-corrected chi connectivity index (χ4v) is 4.44. The highest BCUT2D eigenvalue weighted by Gasteiger charge is 2.27. The van der Waals surface area contributed by atoms with Crippen molar-refractivity contribution < 1.29 is 0 Å². The quantitative estimate of drug-likeness (QED) is 0.789. The fourth-order valence-electron chi connectivity index (χ4n) is 3.23. The van der Waals surface area contributed by atoms with Crippen LogP contribution in [0, 0.1) is 6.92 Å². The first kappa shape index (κ1) is 15.9. The summed E-state index contributed by atoms with van der Waals surface area (Å²) in [6, 6.07) is 10.3. The van der Waals surface area contributed by atoms with Crippen molar-refractivity contribution in [1.82, 2.24) is 5.32 Å². The molecule has 112 valence electrons. The molecular weight excluding hydrogens is 262 g/mol. The zero-order valence-electron chi connectivity index (χ0n) is 13.2. The maximum Gasteiger partial charge on any atom is 0.0201 e. The first-order valence-electron chi connectivity index (χ1n) is 8.12. The summed E-state index contributed by atoms with van der Waals surface area (Å²) in [5.74, 6) is 1.25. The molecule has 0 spiro atoms. The van der Waals surface area contributed by atoms with Crippen molar-refractivity contribution in [3.05, 3.63) is 35.4 Å². The summed E-state index contributed by atoms with van der Waals surface area (Å²) in [6.45, 7) is 6.80. The number of thioether (sulfide) groups is 1. The first-order chi connectivity index (χ1) is 9.69. The Labute approximate surface area is 128 Å². The topological polar surface area (TPSA) is 12.0 Å². The Morgan fingerprint density at radius 2 is 2.20 bits per heavy atom. The molecule has 0 bridgehead atoms. The molecule has 1 aliphatic carbocycles. The lowest BCUT2D eigenvalue weighted by Crippen LogP contribution is -2.40.